The summed E-state index contributed by atoms with van der Waals surface area (Å²) in [5.41, 5.74) is 4.88. The maximum atomic E-state index is 12.8. The molecule has 1 unspecified atom stereocenters. The van der Waals surface area contributed by atoms with Crippen molar-refractivity contribution in [1.29, 1.82) is 0 Å². The van der Waals surface area contributed by atoms with Crippen molar-refractivity contribution in [1.82, 2.24) is 20.3 Å². The van der Waals surface area contributed by atoms with Gasteiger partial charge in [-0.15, -0.1) is 5.10 Å². The largest absolute Gasteiger partial charge is 0.344 e. The molecule has 0 saturated carbocycles. The fraction of sp³-hybridized carbons (Fsp3) is 0.286. The summed E-state index contributed by atoms with van der Waals surface area (Å²) < 4.78 is 1.78. The third-order valence-corrected chi connectivity index (χ3v) is 5.05. The summed E-state index contributed by atoms with van der Waals surface area (Å²) in [5.74, 6) is -0.150. The summed E-state index contributed by atoms with van der Waals surface area (Å²) in [6.45, 7) is 2.51. The SMILES string of the molecule is Cc1c(C(=O)NC2CCCc3ccccc32)nnn1Cc1ccccc1. The quantitative estimate of drug-likeness (QED) is 0.787. The van der Waals surface area contributed by atoms with Crippen LogP contribution in [0, 0.1) is 6.92 Å². The van der Waals surface area contributed by atoms with E-state index in [9.17, 15) is 4.79 Å². The zero-order chi connectivity index (χ0) is 17.9. The number of fused-ring (bicyclic) bond motifs is 1. The molecule has 1 aliphatic carbocycles. The highest BCUT2D eigenvalue weighted by molar-refractivity contribution is 5.93. The highest BCUT2D eigenvalue weighted by Gasteiger charge is 2.24. The molecule has 0 fully saturated rings. The number of nitrogens with zero attached hydrogens (tertiary/aromatic N) is 3. The molecule has 5 heteroatoms. The number of amides is 1. The van der Waals surface area contributed by atoms with Crippen molar-refractivity contribution in [2.24, 2.45) is 0 Å². The van der Waals surface area contributed by atoms with Crippen LogP contribution in [-0.2, 0) is 13.0 Å². The minimum Gasteiger partial charge on any atom is -0.344 e. The fourth-order valence-corrected chi connectivity index (χ4v) is 3.61. The highest BCUT2D eigenvalue weighted by atomic mass is 16.2. The average molecular weight is 346 g/mol. The van der Waals surface area contributed by atoms with Gasteiger partial charge in [0, 0.05) is 0 Å². The molecule has 1 atom stereocenters. The van der Waals surface area contributed by atoms with Gasteiger partial charge < -0.3 is 5.32 Å². The number of rotatable bonds is 4. The molecule has 3 aromatic rings. The van der Waals surface area contributed by atoms with Crippen molar-refractivity contribution in [2.75, 3.05) is 0 Å². The Morgan fingerprint density at radius 3 is 2.77 bits per heavy atom. The van der Waals surface area contributed by atoms with E-state index in [1.807, 2.05) is 43.3 Å². The predicted molar refractivity (Wildman–Crippen MR) is 99.9 cm³/mol. The third-order valence-electron chi connectivity index (χ3n) is 5.05. The number of nitrogens with one attached hydrogen (secondary N) is 1. The Morgan fingerprint density at radius 2 is 1.92 bits per heavy atom. The van der Waals surface area contributed by atoms with E-state index >= 15 is 0 Å². The first-order chi connectivity index (χ1) is 12.7. The first-order valence-corrected chi connectivity index (χ1v) is 9.05. The minimum absolute atomic E-state index is 0.0473. The Kier molecular flexibility index (Phi) is 4.52. The summed E-state index contributed by atoms with van der Waals surface area (Å²) in [4.78, 5) is 12.8. The molecule has 132 valence electrons. The first kappa shape index (κ1) is 16.5. The smallest absolute Gasteiger partial charge is 0.274 e. The molecule has 0 bridgehead atoms. The second-order valence-corrected chi connectivity index (χ2v) is 6.78. The van der Waals surface area contributed by atoms with Gasteiger partial charge in [0.15, 0.2) is 5.69 Å². The van der Waals surface area contributed by atoms with Gasteiger partial charge in [-0.25, -0.2) is 4.68 Å². The van der Waals surface area contributed by atoms with Crippen molar-refractivity contribution in [3.63, 3.8) is 0 Å². The molecular formula is C21H22N4O. The van der Waals surface area contributed by atoms with E-state index in [-0.39, 0.29) is 11.9 Å². The van der Waals surface area contributed by atoms with Gasteiger partial charge in [-0.1, -0.05) is 59.8 Å². The molecule has 5 nitrogen and oxygen atoms in total. The summed E-state index contributed by atoms with van der Waals surface area (Å²) in [6, 6.07) is 18.5. The molecule has 0 radical (unpaired) electrons. The van der Waals surface area contributed by atoms with E-state index in [2.05, 4.69) is 33.8 Å². The van der Waals surface area contributed by atoms with Crippen LogP contribution in [0.5, 0.6) is 0 Å². The van der Waals surface area contributed by atoms with Gasteiger partial charge in [-0.3, -0.25) is 4.79 Å². The summed E-state index contributed by atoms with van der Waals surface area (Å²) in [6.07, 6.45) is 3.12. The van der Waals surface area contributed by atoms with Crippen LogP contribution in [0.1, 0.15) is 51.8 Å². The Morgan fingerprint density at radius 1 is 1.15 bits per heavy atom. The number of hydrogen-bond acceptors (Lipinski definition) is 3. The zero-order valence-electron chi connectivity index (χ0n) is 14.9. The lowest BCUT2D eigenvalue weighted by Gasteiger charge is -2.26. The van der Waals surface area contributed by atoms with Crippen LogP contribution in [0.25, 0.3) is 0 Å². The molecule has 1 aromatic heterocycles. The van der Waals surface area contributed by atoms with Crippen molar-refractivity contribution in [3.8, 4) is 0 Å². The molecule has 1 heterocycles. The van der Waals surface area contributed by atoms with Crippen LogP contribution in [0.3, 0.4) is 0 Å². The van der Waals surface area contributed by atoms with Crippen molar-refractivity contribution in [2.45, 2.75) is 38.8 Å². The standard InChI is InChI=1S/C21H22N4O/c1-15-20(23-24-25(15)14-16-8-3-2-4-9-16)21(26)22-19-13-7-11-17-10-5-6-12-18(17)19/h2-6,8-10,12,19H,7,11,13-14H2,1H3,(H,22,26). The Hall–Kier alpha value is -2.95. The Bertz CT molecular complexity index is 917. The number of carbonyl (C=O) groups excluding carboxylic acids is 1. The molecule has 0 aliphatic heterocycles. The molecule has 0 spiro atoms. The van der Waals surface area contributed by atoms with Gasteiger partial charge in [-0.05, 0) is 42.9 Å². The summed E-state index contributed by atoms with van der Waals surface area (Å²) in [5, 5.41) is 11.5. The van der Waals surface area contributed by atoms with Crippen LogP contribution in [0.2, 0.25) is 0 Å². The van der Waals surface area contributed by atoms with Crippen molar-refractivity contribution < 1.29 is 4.79 Å². The summed E-state index contributed by atoms with van der Waals surface area (Å²) >= 11 is 0. The Balaban J connectivity index is 1.51. The number of aromatic nitrogens is 3. The van der Waals surface area contributed by atoms with Gasteiger partial charge in [0.05, 0.1) is 18.3 Å². The van der Waals surface area contributed by atoms with E-state index in [0.29, 0.717) is 12.2 Å². The van der Waals surface area contributed by atoms with Crippen LogP contribution >= 0.6 is 0 Å². The second-order valence-electron chi connectivity index (χ2n) is 6.78. The maximum absolute atomic E-state index is 12.8. The molecule has 4 rings (SSSR count). The van der Waals surface area contributed by atoms with Crippen LogP contribution < -0.4 is 5.32 Å². The second kappa shape index (κ2) is 7.12. The topological polar surface area (TPSA) is 59.8 Å². The van der Waals surface area contributed by atoms with Crippen LogP contribution in [-0.4, -0.2) is 20.9 Å². The van der Waals surface area contributed by atoms with Gasteiger partial charge >= 0.3 is 0 Å². The minimum atomic E-state index is -0.150. The lowest BCUT2D eigenvalue weighted by atomic mass is 9.87. The van der Waals surface area contributed by atoms with E-state index in [1.165, 1.54) is 11.1 Å². The van der Waals surface area contributed by atoms with Crippen molar-refractivity contribution >= 4 is 5.91 Å². The molecule has 2 aromatic carbocycles. The van der Waals surface area contributed by atoms with Crippen LogP contribution in [0.4, 0.5) is 0 Å². The Labute approximate surface area is 153 Å². The predicted octanol–water partition coefficient (Wildman–Crippen LogP) is 3.44. The average Bonchev–Trinajstić information content (AvgIpc) is 3.03. The number of carbonyl (C=O) groups is 1. The molecule has 0 saturated heterocycles. The zero-order valence-corrected chi connectivity index (χ0v) is 14.9. The number of benzene rings is 2. The molecule has 1 aliphatic rings. The monoisotopic (exact) mass is 346 g/mol. The van der Waals surface area contributed by atoms with Gasteiger partial charge in [0.2, 0.25) is 0 Å². The van der Waals surface area contributed by atoms with Gasteiger partial charge in [-0.2, -0.15) is 0 Å². The molecule has 26 heavy (non-hydrogen) atoms. The molecule has 1 amide bonds. The lowest BCUT2D eigenvalue weighted by molar-refractivity contribution is 0.0927. The first-order valence-electron chi connectivity index (χ1n) is 9.05. The highest BCUT2D eigenvalue weighted by Crippen LogP contribution is 2.29. The number of aryl methyl sites for hydroxylation is 1. The molecular weight excluding hydrogens is 324 g/mol. The fourth-order valence-electron chi connectivity index (χ4n) is 3.61. The van der Waals surface area contributed by atoms with E-state index in [4.69, 9.17) is 0 Å². The normalized spacial score (nSPS) is 16.1. The summed E-state index contributed by atoms with van der Waals surface area (Å²) in [7, 11) is 0. The molecule has 1 N–H and O–H groups in total. The van der Waals surface area contributed by atoms with E-state index in [0.717, 1.165) is 30.5 Å². The number of hydrogen-bond donors (Lipinski definition) is 1. The lowest BCUT2D eigenvalue weighted by Crippen LogP contribution is -2.31. The maximum Gasteiger partial charge on any atom is 0.274 e. The van der Waals surface area contributed by atoms with Gasteiger partial charge in [0.25, 0.3) is 5.91 Å². The van der Waals surface area contributed by atoms with Gasteiger partial charge in [0.1, 0.15) is 0 Å². The van der Waals surface area contributed by atoms with Crippen molar-refractivity contribution in [3.05, 3.63) is 82.7 Å². The third kappa shape index (κ3) is 3.25. The van der Waals surface area contributed by atoms with E-state index in [1.54, 1.807) is 4.68 Å². The van der Waals surface area contributed by atoms with Crippen LogP contribution in [0.15, 0.2) is 54.6 Å². The van der Waals surface area contributed by atoms with E-state index < -0.39 is 0 Å².